The minimum atomic E-state index is -0.878. The van der Waals surface area contributed by atoms with Gasteiger partial charge in [0.05, 0.1) is 12.2 Å². The molecule has 0 radical (unpaired) electrons. The molecule has 4 nitrogen and oxygen atoms in total. The lowest BCUT2D eigenvalue weighted by atomic mass is 9.91. The Balaban J connectivity index is 3.14. The van der Waals surface area contributed by atoms with Crippen molar-refractivity contribution in [1.82, 2.24) is 0 Å². The van der Waals surface area contributed by atoms with E-state index < -0.39 is 12.2 Å². The fourth-order valence-electron chi connectivity index (χ4n) is 2.37. The lowest BCUT2D eigenvalue weighted by Gasteiger charge is -2.19. The highest BCUT2D eigenvalue weighted by atomic mass is 16.3. The predicted octanol–water partition coefficient (Wildman–Crippen LogP) is 2.33. The maximum absolute atomic E-state index is 11.1. The molecular weight excluding hydrogens is 256 g/mol. The van der Waals surface area contributed by atoms with Crippen LogP contribution >= 0.6 is 0 Å². The zero-order valence-electron chi connectivity index (χ0n) is 12.4. The van der Waals surface area contributed by atoms with E-state index in [1.165, 1.54) is 13.8 Å². The van der Waals surface area contributed by atoms with E-state index >= 15 is 0 Å². The lowest BCUT2D eigenvalue weighted by molar-refractivity contribution is -0.119. The highest BCUT2D eigenvalue weighted by Crippen LogP contribution is 2.29. The van der Waals surface area contributed by atoms with E-state index in [0.29, 0.717) is 11.1 Å². The van der Waals surface area contributed by atoms with E-state index in [1.807, 2.05) is 19.9 Å². The molecule has 0 bridgehead atoms. The molecule has 0 amide bonds. The van der Waals surface area contributed by atoms with Gasteiger partial charge in [0.2, 0.25) is 0 Å². The summed E-state index contributed by atoms with van der Waals surface area (Å²) in [6.07, 6.45) is -1.66. The molecule has 2 unspecified atom stereocenters. The molecule has 0 saturated heterocycles. The highest BCUT2D eigenvalue weighted by Gasteiger charge is 2.18. The number of ketones is 2. The van der Waals surface area contributed by atoms with Crippen molar-refractivity contribution in [3.63, 3.8) is 0 Å². The van der Waals surface area contributed by atoms with E-state index in [-0.39, 0.29) is 24.4 Å². The molecule has 2 N–H and O–H groups in total. The number of carbonyl (C=O) groups is 2. The van der Waals surface area contributed by atoms with Gasteiger partial charge in [-0.15, -0.1) is 0 Å². The van der Waals surface area contributed by atoms with Crippen LogP contribution in [0.4, 0.5) is 0 Å². The molecule has 20 heavy (non-hydrogen) atoms. The number of hydrogen-bond donors (Lipinski definition) is 2. The molecule has 0 saturated carbocycles. The molecule has 0 aliphatic rings. The maximum Gasteiger partial charge on any atom is 0.132 e. The molecule has 1 rings (SSSR count). The SMILES string of the molecule is CC(=O)CC(O)c1cc(C(O)CC(C)=O)c(C)cc1C. The van der Waals surface area contributed by atoms with Crippen LogP contribution in [0.1, 0.15) is 61.2 Å². The zero-order valence-corrected chi connectivity index (χ0v) is 12.4. The first-order chi connectivity index (χ1) is 9.22. The second kappa shape index (κ2) is 6.77. The number of rotatable bonds is 6. The number of hydrogen-bond acceptors (Lipinski definition) is 4. The molecule has 0 aromatic heterocycles. The summed E-state index contributed by atoms with van der Waals surface area (Å²) in [6.45, 7) is 6.57. The Bertz CT molecular complexity index is 476. The fraction of sp³-hybridized carbons (Fsp3) is 0.500. The van der Waals surface area contributed by atoms with Crippen molar-refractivity contribution < 1.29 is 19.8 Å². The summed E-state index contributed by atoms with van der Waals surface area (Å²) in [6, 6.07) is 3.56. The average molecular weight is 278 g/mol. The minimum absolute atomic E-state index is 0.0478. The second-order valence-corrected chi connectivity index (χ2v) is 5.41. The van der Waals surface area contributed by atoms with Crippen LogP contribution in [0.5, 0.6) is 0 Å². The van der Waals surface area contributed by atoms with E-state index in [0.717, 1.165) is 11.1 Å². The van der Waals surface area contributed by atoms with Crippen LogP contribution in [-0.4, -0.2) is 21.8 Å². The first kappa shape index (κ1) is 16.5. The zero-order chi connectivity index (χ0) is 15.4. The monoisotopic (exact) mass is 278 g/mol. The molecule has 4 heteroatoms. The van der Waals surface area contributed by atoms with Gasteiger partial charge in [-0.1, -0.05) is 12.1 Å². The fourth-order valence-corrected chi connectivity index (χ4v) is 2.37. The van der Waals surface area contributed by atoms with Crippen LogP contribution < -0.4 is 0 Å². The number of aliphatic hydroxyl groups excluding tert-OH is 2. The van der Waals surface area contributed by atoms with Crippen LogP contribution in [-0.2, 0) is 9.59 Å². The molecule has 0 aliphatic carbocycles. The summed E-state index contributed by atoms with van der Waals surface area (Å²) in [5, 5.41) is 20.2. The van der Waals surface area contributed by atoms with Crippen molar-refractivity contribution in [2.45, 2.75) is 52.7 Å². The van der Waals surface area contributed by atoms with Gasteiger partial charge in [0.1, 0.15) is 11.6 Å². The Morgan fingerprint density at radius 3 is 1.55 bits per heavy atom. The molecule has 0 heterocycles. The van der Waals surface area contributed by atoms with E-state index in [9.17, 15) is 19.8 Å². The third kappa shape index (κ3) is 4.25. The Hall–Kier alpha value is -1.52. The number of benzene rings is 1. The molecule has 0 spiro atoms. The van der Waals surface area contributed by atoms with Gasteiger partial charge in [-0.25, -0.2) is 0 Å². The van der Waals surface area contributed by atoms with Gasteiger partial charge < -0.3 is 10.2 Å². The van der Waals surface area contributed by atoms with Crippen LogP contribution in [0.3, 0.4) is 0 Å². The van der Waals surface area contributed by atoms with E-state index in [2.05, 4.69) is 0 Å². The minimum Gasteiger partial charge on any atom is -0.388 e. The topological polar surface area (TPSA) is 74.6 Å². The lowest BCUT2D eigenvalue weighted by Crippen LogP contribution is -2.10. The standard InChI is InChI=1S/C16H22O4/c1-9-5-10(2)14(16(20)7-12(4)18)8-13(9)15(19)6-11(3)17/h5,8,15-16,19-20H,6-7H2,1-4H3. The Morgan fingerprint density at radius 1 is 0.900 bits per heavy atom. The van der Waals surface area contributed by atoms with Gasteiger partial charge in [-0.2, -0.15) is 0 Å². The maximum atomic E-state index is 11.1. The third-order valence-electron chi connectivity index (χ3n) is 3.33. The molecule has 1 aromatic rings. The normalized spacial score (nSPS) is 13.9. The predicted molar refractivity (Wildman–Crippen MR) is 76.4 cm³/mol. The van der Waals surface area contributed by atoms with Crippen molar-refractivity contribution in [2.24, 2.45) is 0 Å². The largest absolute Gasteiger partial charge is 0.388 e. The van der Waals surface area contributed by atoms with Gasteiger partial charge in [0, 0.05) is 12.8 Å². The van der Waals surface area contributed by atoms with Crippen LogP contribution in [0.25, 0.3) is 0 Å². The van der Waals surface area contributed by atoms with Crippen LogP contribution in [0.2, 0.25) is 0 Å². The highest BCUT2D eigenvalue weighted by molar-refractivity contribution is 5.77. The molecule has 0 aliphatic heterocycles. The number of Topliss-reactive ketones (excluding diaryl/α,β-unsaturated/α-hetero) is 2. The van der Waals surface area contributed by atoms with Gasteiger partial charge in [-0.3, -0.25) is 9.59 Å². The summed E-state index contributed by atoms with van der Waals surface area (Å²) in [5.74, 6) is -0.188. The Morgan fingerprint density at radius 2 is 1.25 bits per heavy atom. The Kier molecular flexibility index (Phi) is 5.60. The molecule has 1 aromatic carbocycles. The number of aryl methyl sites for hydroxylation is 2. The summed E-state index contributed by atoms with van der Waals surface area (Å²) >= 11 is 0. The Labute approximate surface area is 119 Å². The van der Waals surface area contributed by atoms with E-state index in [4.69, 9.17) is 0 Å². The van der Waals surface area contributed by atoms with Crippen molar-refractivity contribution in [3.05, 3.63) is 34.4 Å². The van der Waals surface area contributed by atoms with Gasteiger partial charge in [0.25, 0.3) is 0 Å². The molecular formula is C16H22O4. The summed E-state index contributed by atoms with van der Waals surface area (Å²) in [4.78, 5) is 22.2. The number of aliphatic hydroxyl groups is 2. The van der Waals surface area contributed by atoms with Gasteiger partial charge >= 0.3 is 0 Å². The molecule has 110 valence electrons. The number of carbonyl (C=O) groups excluding carboxylic acids is 2. The van der Waals surface area contributed by atoms with Gasteiger partial charge in [-0.05, 0) is 49.9 Å². The second-order valence-electron chi connectivity index (χ2n) is 5.41. The van der Waals surface area contributed by atoms with Crippen LogP contribution in [0, 0.1) is 13.8 Å². The first-order valence-electron chi connectivity index (χ1n) is 6.68. The quantitative estimate of drug-likeness (QED) is 0.837. The van der Waals surface area contributed by atoms with Crippen molar-refractivity contribution in [2.75, 3.05) is 0 Å². The molecule has 2 atom stereocenters. The van der Waals surface area contributed by atoms with Crippen molar-refractivity contribution in [3.8, 4) is 0 Å². The summed E-state index contributed by atoms with van der Waals surface area (Å²) in [7, 11) is 0. The first-order valence-corrected chi connectivity index (χ1v) is 6.68. The van der Waals surface area contributed by atoms with Gasteiger partial charge in [0.15, 0.2) is 0 Å². The smallest absolute Gasteiger partial charge is 0.132 e. The average Bonchev–Trinajstić information content (AvgIpc) is 2.26. The third-order valence-corrected chi connectivity index (χ3v) is 3.33. The van der Waals surface area contributed by atoms with Crippen molar-refractivity contribution >= 4 is 11.6 Å². The molecule has 0 fully saturated rings. The van der Waals surface area contributed by atoms with Crippen molar-refractivity contribution in [1.29, 1.82) is 0 Å². The summed E-state index contributed by atoms with van der Waals surface area (Å²) < 4.78 is 0. The van der Waals surface area contributed by atoms with Crippen LogP contribution in [0.15, 0.2) is 12.1 Å². The van der Waals surface area contributed by atoms with E-state index in [1.54, 1.807) is 6.07 Å². The summed E-state index contributed by atoms with van der Waals surface area (Å²) in [5.41, 5.74) is 3.00.